The number of rotatable bonds is 12. The van der Waals surface area contributed by atoms with Crippen LogP contribution in [-0.2, 0) is 66.5 Å². The third-order valence-electron chi connectivity index (χ3n) is 8.66. The van der Waals surface area contributed by atoms with Gasteiger partial charge in [-0.2, -0.15) is 0 Å². The minimum absolute atomic E-state index is 0.0333. The molecule has 4 saturated heterocycles. The van der Waals surface area contributed by atoms with Crippen LogP contribution in [0.3, 0.4) is 0 Å². The van der Waals surface area contributed by atoms with E-state index in [-0.39, 0.29) is 25.4 Å². The van der Waals surface area contributed by atoms with Gasteiger partial charge in [0.05, 0.1) is 24.0 Å². The van der Waals surface area contributed by atoms with Gasteiger partial charge in [0.1, 0.15) is 30.4 Å². The van der Waals surface area contributed by atoms with Crippen molar-refractivity contribution in [3.8, 4) is 0 Å². The molecule has 53 heavy (non-hydrogen) atoms. The average Bonchev–Trinajstić information content (AvgIpc) is 3.47. The van der Waals surface area contributed by atoms with Crippen LogP contribution in [0, 0.1) is 0 Å². The quantitative estimate of drug-likeness (QED) is 0.175. The van der Waals surface area contributed by atoms with Crippen molar-refractivity contribution in [1.29, 1.82) is 0 Å². The summed E-state index contributed by atoms with van der Waals surface area (Å²) in [6, 6.07) is 17.7. The summed E-state index contributed by atoms with van der Waals surface area (Å²) in [5.41, 5.74) is 0.138. The van der Waals surface area contributed by atoms with Gasteiger partial charge in [-0.1, -0.05) is 54.6 Å². The molecule has 0 bridgehead atoms. The lowest BCUT2D eigenvalue weighted by molar-refractivity contribution is -0.416. The van der Waals surface area contributed by atoms with Crippen LogP contribution in [0.1, 0.15) is 49.9 Å². The first-order valence-electron chi connectivity index (χ1n) is 17.1. The molecule has 0 N–H and O–H groups in total. The number of benzene rings is 2. The van der Waals surface area contributed by atoms with Crippen molar-refractivity contribution >= 4 is 35.6 Å². The van der Waals surface area contributed by atoms with E-state index in [1.807, 2.05) is 30.3 Å². The van der Waals surface area contributed by atoms with Crippen LogP contribution in [0.25, 0.3) is 0 Å². The second-order valence-electron chi connectivity index (χ2n) is 12.7. The lowest BCUT2D eigenvalue weighted by Crippen LogP contribution is -2.65. The lowest BCUT2D eigenvalue weighted by atomic mass is 9.97. The first-order chi connectivity index (χ1) is 25.4. The van der Waals surface area contributed by atoms with Gasteiger partial charge < -0.3 is 52.1 Å². The highest BCUT2D eigenvalue weighted by Crippen LogP contribution is 2.48. The first kappa shape index (κ1) is 38.8. The largest absolute Gasteiger partial charge is 0.465 e. The summed E-state index contributed by atoms with van der Waals surface area (Å²) in [6.45, 7) is 8.81. The Bertz CT molecular complexity index is 1610. The summed E-state index contributed by atoms with van der Waals surface area (Å²) >= 11 is 1.15. The van der Waals surface area contributed by atoms with Gasteiger partial charge in [0.25, 0.3) is 5.97 Å². The van der Waals surface area contributed by atoms with E-state index >= 15 is 0 Å². The minimum atomic E-state index is -1.92. The first-order valence-corrected chi connectivity index (χ1v) is 18.0. The molecule has 0 spiro atoms. The van der Waals surface area contributed by atoms with Crippen LogP contribution in [0.15, 0.2) is 73.3 Å². The molecule has 4 heterocycles. The number of hydrogen-bond donors (Lipinski definition) is 0. The Labute approximate surface area is 310 Å². The zero-order chi connectivity index (χ0) is 37.7. The molecule has 0 radical (unpaired) electrons. The van der Waals surface area contributed by atoms with Crippen LogP contribution in [0.2, 0.25) is 0 Å². The Morgan fingerprint density at radius 3 is 2.15 bits per heavy atom. The van der Waals surface area contributed by atoms with Crippen molar-refractivity contribution in [1.82, 2.24) is 0 Å². The zero-order valence-corrected chi connectivity index (χ0v) is 30.4. The molecule has 1 unspecified atom stereocenters. The Hall–Kier alpha value is -3.87. The summed E-state index contributed by atoms with van der Waals surface area (Å²) in [5.74, 6) is -4.47. The van der Waals surface area contributed by atoms with E-state index in [1.165, 1.54) is 33.8 Å². The van der Waals surface area contributed by atoms with Crippen molar-refractivity contribution in [3.05, 3.63) is 84.4 Å². The molecule has 0 aliphatic carbocycles. The molecule has 0 aromatic heterocycles. The lowest BCUT2D eigenvalue weighted by Gasteiger charge is -2.49. The number of esters is 4. The summed E-state index contributed by atoms with van der Waals surface area (Å²) in [6.07, 6.45) is -7.90. The molecule has 12 atom stereocenters. The molecule has 0 saturated carbocycles. The zero-order valence-electron chi connectivity index (χ0n) is 29.6. The molecule has 2 aromatic carbocycles. The van der Waals surface area contributed by atoms with E-state index in [2.05, 4.69) is 6.58 Å². The smallest absolute Gasteiger partial charge is 0.338 e. The summed E-state index contributed by atoms with van der Waals surface area (Å²) in [7, 11) is 0. The number of hydrogen-bond acceptors (Lipinski definition) is 16. The Balaban J connectivity index is 1.33. The monoisotopic (exact) mass is 758 g/mol. The number of fused-ring (bicyclic) bond motifs is 2. The molecule has 6 rings (SSSR count). The molecule has 4 aliphatic rings. The highest BCUT2D eigenvalue weighted by Gasteiger charge is 2.62. The van der Waals surface area contributed by atoms with Gasteiger partial charge in [0.15, 0.2) is 37.0 Å². The second kappa shape index (κ2) is 17.1. The fourth-order valence-electron chi connectivity index (χ4n) is 6.53. The Morgan fingerprint density at radius 1 is 0.830 bits per heavy atom. The van der Waals surface area contributed by atoms with Gasteiger partial charge in [0, 0.05) is 33.3 Å². The molecular formula is C37H42O15S. The van der Waals surface area contributed by atoms with E-state index in [0.717, 1.165) is 17.3 Å². The van der Waals surface area contributed by atoms with E-state index in [0.29, 0.717) is 0 Å². The third-order valence-corrected chi connectivity index (χ3v) is 10.0. The average molecular weight is 759 g/mol. The van der Waals surface area contributed by atoms with Gasteiger partial charge in [-0.15, -0.1) is 18.3 Å². The maximum absolute atomic E-state index is 13.7. The van der Waals surface area contributed by atoms with Crippen LogP contribution in [-0.4, -0.2) is 109 Å². The van der Waals surface area contributed by atoms with Crippen molar-refractivity contribution in [3.63, 3.8) is 0 Å². The summed E-state index contributed by atoms with van der Waals surface area (Å²) < 4.78 is 67.0. The fourth-order valence-corrected chi connectivity index (χ4v) is 7.98. The Morgan fingerprint density at radius 2 is 1.49 bits per heavy atom. The molecule has 4 aliphatic heterocycles. The highest BCUT2D eigenvalue weighted by atomic mass is 32.2. The number of thioether (sulfide) groups is 1. The van der Waals surface area contributed by atoms with Crippen molar-refractivity contribution < 1.29 is 71.3 Å². The predicted molar refractivity (Wildman–Crippen MR) is 183 cm³/mol. The highest BCUT2D eigenvalue weighted by molar-refractivity contribution is 8.00. The molecule has 15 nitrogen and oxygen atoms in total. The third kappa shape index (κ3) is 9.27. The minimum Gasteiger partial charge on any atom is -0.465 e. The van der Waals surface area contributed by atoms with Crippen LogP contribution >= 0.6 is 11.8 Å². The maximum atomic E-state index is 13.7. The van der Waals surface area contributed by atoms with Crippen LogP contribution in [0.5, 0.6) is 0 Å². The van der Waals surface area contributed by atoms with Gasteiger partial charge in [-0.05, 0) is 12.1 Å². The predicted octanol–water partition coefficient (Wildman–Crippen LogP) is 3.60. The van der Waals surface area contributed by atoms with Crippen molar-refractivity contribution in [2.45, 2.75) is 99.7 Å². The normalized spacial score (nSPS) is 34.8. The number of carbonyl (C=O) groups is 4. The molecule has 16 heteroatoms. The topological polar surface area (TPSA) is 170 Å². The van der Waals surface area contributed by atoms with E-state index < -0.39 is 95.8 Å². The molecular weight excluding hydrogens is 716 g/mol. The fraction of sp³-hybridized carbons (Fsp3) is 0.514. The molecule has 0 amide bonds. The second-order valence-corrected chi connectivity index (χ2v) is 14.1. The van der Waals surface area contributed by atoms with E-state index in [9.17, 15) is 19.2 Å². The van der Waals surface area contributed by atoms with Crippen LogP contribution < -0.4 is 0 Å². The number of ether oxygens (including phenoxy) is 11. The summed E-state index contributed by atoms with van der Waals surface area (Å²) in [5, 5.41) is -0.716. The Kier molecular flexibility index (Phi) is 12.5. The standard InChI is InChI=1S/C37H42O15S/c1-6-17-42-35-31(50-37(5)51-32-30(46-22(4)40)28(45-21(3)39)26(19-43-20(2)38)53-36(32)52-37)29(48-33(41)23-13-9-7-10-14-23)27-25(47-35)18-44-34(49-27)24-15-11-8-12-16-24/h6-16,25-32,34-36H,1,17-19H2,2-5H3/t25-,26-,27-,28-,29+,30+,31-,32-,34-,35+,36+,37?/m1/s1. The molecule has 286 valence electrons. The van der Waals surface area contributed by atoms with Gasteiger partial charge in [-0.3, -0.25) is 14.4 Å². The van der Waals surface area contributed by atoms with Gasteiger partial charge in [0.2, 0.25) is 0 Å². The van der Waals surface area contributed by atoms with Gasteiger partial charge >= 0.3 is 23.9 Å². The van der Waals surface area contributed by atoms with E-state index in [4.69, 9.17) is 52.1 Å². The SMILES string of the molecule is C=CCO[C@H]1O[C@@H]2CO[C@@H](c3ccccc3)O[C@H]2[C@H](OC(=O)c2ccccc2)[C@H]1OC1(C)O[C@@H]2[C@@H](OC(C)=O)[C@H](OC(C)=O)[C@@H](COC(C)=O)S[C@@H]2O1. The van der Waals surface area contributed by atoms with Gasteiger partial charge in [-0.25, -0.2) is 4.79 Å². The van der Waals surface area contributed by atoms with Crippen molar-refractivity contribution in [2.24, 2.45) is 0 Å². The molecule has 2 aromatic rings. The maximum Gasteiger partial charge on any atom is 0.338 e. The van der Waals surface area contributed by atoms with Crippen molar-refractivity contribution in [2.75, 3.05) is 19.8 Å². The molecule has 4 fully saturated rings. The van der Waals surface area contributed by atoms with E-state index in [1.54, 1.807) is 30.3 Å². The summed E-state index contributed by atoms with van der Waals surface area (Å²) in [4.78, 5) is 50.0. The number of carbonyl (C=O) groups excluding carboxylic acids is 4. The van der Waals surface area contributed by atoms with Crippen LogP contribution in [0.4, 0.5) is 0 Å².